The summed E-state index contributed by atoms with van der Waals surface area (Å²) in [6.45, 7) is 2.90. The number of hydrogen-bond acceptors (Lipinski definition) is 6. The fourth-order valence-electron chi connectivity index (χ4n) is 2.72. The van der Waals surface area contributed by atoms with Gasteiger partial charge in [-0.1, -0.05) is 0 Å². The van der Waals surface area contributed by atoms with Gasteiger partial charge in [-0.3, -0.25) is 4.79 Å². The lowest BCUT2D eigenvalue weighted by molar-refractivity contribution is 0.0954. The Morgan fingerprint density at radius 2 is 1.88 bits per heavy atom. The summed E-state index contributed by atoms with van der Waals surface area (Å²) in [6.07, 6.45) is 0.672. The number of carbonyl (C=O) groups excluding carboxylic acids is 1. The van der Waals surface area contributed by atoms with E-state index in [0.29, 0.717) is 31.6 Å². The van der Waals surface area contributed by atoms with Crippen LogP contribution in [0.5, 0.6) is 0 Å². The van der Waals surface area contributed by atoms with Crippen LogP contribution in [-0.4, -0.2) is 68.3 Å². The second kappa shape index (κ2) is 8.26. The number of benzene rings is 1. The Hall–Kier alpha value is -1.81. The molecule has 0 spiro atoms. The van der Waals surface area contributed by atoms with Gasteiger partial charge < -0.3 is 10.2 Å². The van der Waals surface area contributed by atoms with Crippen molar-refractivity contribution in [3.63, 3.8) is 0 Å². The molecule has 7 nitrogen and oxygen atoms in total. The van der Waals surface area contributed by atoms with Crippen molar-refractivity contribution in [3.05, 3.63) is 46.4 Å². The molecule has 1 N–H and O–H groups in total. The number of carbonyl (C=O) groups is 1. The predicted octanol–water partition coefficient (Wildman–Crippen LogP) is 1.05. The minimum atomic E-state index is -3.51. The zero-order valence-corrected chi connectivity index (χ0v) is 16.2. The number of thiazole rings is 1. The van der Waals surface area contributed by atoms with Gasteiger partial charge in [0.05, 0.1) is 16.1 Å². The van der Waals surface area contributed by atoms with E-state index in [9.17, 15) is 13.2 Å². The fraction of sp³-hybridized carbons (Fsp3) is 0.412. The summed E-state index contributed by atoms with van der Waals surface area (Å²) in [5, 5.41) is 4.77. The number of piperazine rings is 1. The molecule has 0 radical (unpaired) electrons. The molecule has 26 heavy (non-hydrogen) atoms. The molecule has 0 unspecified atom stereocenters. The first kappa shape index (κ1) is 19.0. The maximum Gasteiger partial charge on any atom is 0.251 e. The number of hydrogen-bond donors (Lipinski definition) is 1. The lowest BCUT2D eigenvalue weighted by Gasteiger charge is -2.31. The molecule has 9 heteroatoms. The lowest BCUT2D eigenvalue weighted by Crippen LogP contribution is -2.47. The molecular weight excluding hydrogens is 372 g/mol. The summed E-state index contributed by atoms with van der Waals surface area (Å²) in [6, 6.07) is 6.12. The van der Waals surface area contributed by atoms with E-state index in [1.165, 1.54) is 27.8 Å². The summed E-state index contributed by atoms with van der Waals surface area (Å²) in [5.41, 5.74) is 3.15. The molecule has 2 heterocycles. The smallest absolute Gasteiger partial charge is 0.251 e. The Morgan fingerprint density at radius 1 is 1.19 bits per heavy atom. The van der Waals surface area contributed by atoms with Gasteiger partial charge in [0.15, 0.2) is 0 Å². The minimum Gasteiger partial charge on any atom is -0.352 e. The van der Waals surface area contributed by atoms with Crippen LogP contribution in [0.3, 0.4) is 0 Å². The van der Waals surface area contributed by atoms with Gasteiger partial charge in [0.2, 0.25) is 10.0 Å². The van der Waals surface area contributed by atoms with Gasteiger partial charge in [0, 0.05) is 50.1 Å². The number of sulfonamides is 1. The molecule has 0 aliphatic carbocycles. The molecule has 1 aliphatic rings. The first-order valence-corrected chi connectivity index (χ1v) is 10.8. The zero-order chi connectivity index (χ0) is 18.6. The van der Waals surface area contributed by atoms with Crippen molar-refractivity contribution in [1.29, 1.82) is 0 Å². The zero-order valence-electron chi connectivity index (χ0n) is 14.6. The van der Waals surface area contributed by atoms with Crippen LogP contribution >= 0.6 is 11.3 Å². The summed E-state index contributed by atoms with van der Waals surface area (Å²) in [5.74, 6) is -0.219. The van der Waals surface area contributed by atoms with Crippen molar-refractivity contribution >= 4 is 27.3 Å². The van der Waals surface area contributed by atoms with Crippen LogP contribution in [0, 0.1) is 0 Å². The van der Waals surface area contributed by atoms with E-state index in [1.54, 1.807) is 17.6 Å². The van der Waals surface area contributed by atoms with Crippen LogP contribution in [0.2, 0.25) is 0 Å². The van der Waals surface area contributed by atoms with E-state index in [4.69, 9.17) is 0 Å². The molecule has 140 valence electrons. The number of likely N-dealkylation sites (N-methyl/N-ethyl adjacent to an activating group) is 1. The fourth-order valence-corrected chi connectivity index (χ4v) is 4.74. The maximum atomic E-state index is 12.7. The number of nitrogens with one attached hydrogen (secondary N) is 1. The van der Waals surface area contributed by atoms with Gasteiger partial charge in [-0.05, 0) is 31.3 Å². The molecule has 1 saturated heterocycles. The summed E-state index contributed by atoms with van der Waals surface area (Å²) in [4.78, 5) is 18.7. The molecular formula is C17H22N4O3S2. The van der Waals surface area contributed by atoms with Crippen molar-refractivity contribution in [2.45, 2.75) is 11.3 Å². The van der Waals surface area contributed by atoms with Crippen LogP contribution in [0.1, 0.15) is 16.1 Å². The average Bonchev–Trinajstić information content (AvgIpc) is 3.15. The van der Waals surface area contributed by atoms with Crippen molar-refractivity contribution in [2.75, 3.05) is 39.8 Å². The number of amides is 1. The molecule has 2 aromatic rings. The van der Waals surface area contributed by atoms with Crippen LogP contribution in [0.25, 0.3) is 0 Å². The molecule has 1 aromatic carbocycles. The SMILES string of the molecule is CN1CCN(S(=O)(=O)c2ccc(C(=O)NCCc3cscn3)cc2)CC1. The van der Waals surface area contributed by atoms with E-state index in [1.807, 2.05) is 12.4 Å². The quantitative estimate of drug-likeness (QED) is 0.792. The molecule has 3 rings (SSSR count). The third-order valence-corrected chi connectivity index (χ3v) is 6.91. The van der Waals surface area contributed by atoms with Gasteiger partial charge in [-0.2, -0.15) is 4.31 Å². The summed E-state index contributed by atoms with van der Waals surface area (Å²) < 4.78 is 26.9. The van der Waals surface area contributed by atoms with Crippen LogP contribution in [0.4, 0.5) is 0 Å². The average molecular weight is 395 g/mol. The minimum absolute atomic E-state index is 0.219. The van der Waals surface area contributed by atoms with E-state index in [2.05, 4.69) is 15.2 Å². The van der Waals surface area contributed by atoms with E-state index < -0.39 is 10.0 Å². The summed E-state index contributed by atoms with van der Waals surface area (Å²) in [7, 11) is -1.53. The van der Waals surface area contributed by atoms with Crippen molar-refractivity contribution < 1.29 is 13.2 Å². The van der Waals surface area contributed by atoms with Gasteiger partial charge in [-0.25, -0.2) is 13.4 Å². The van der Waals surface area contributed by atoms with Crippen molar-refractivity contribution in [1.82, 2.24) is 19.5 Å². The Bertz CT molecular complexity index is 827. The molecule has 0 bridgehead atoms. The first-order chi connectivity index (χ1) is 12.5. The normalized spacial score (nSPS) is 16.5. The lowest BCUT2D eigenvalue weighted by atomic mass is 10.2. The Morgan fingerprint density at radius 3 is 2.50 bits per heavy atom. The highest BCUT2D eigenvalue weighted by Gasteiger charge is 2.27. The van der Waals surface area contributed by atoms with Gasteiger partial charge >= 0.3 is 0 Å². The highest BCUT2D eigenvalue weighted by molar-refractivity contribution is 7.89. The second-order valence-electron chi connectivity index (χ2n) is 6.22. The van der Waals surface area contributed by atoms with Gasteiger partial charge in [0.25, 0.3) is 5.91 Å². The molecule has 0 atom stereocenters. The maximum absolute atomic E-state index is 12.7. The topological polar surface area (TPSA) is 82.6 Å². The van der Waals surface area contributed by atoms with Crippen LogP contribution < -0.4 is 5.32 Å². The molecule has 1 amide bonds. The van der Waals surface area contributed by atoms with E-state index >= 15 is 0 Å². The monoisotopic (exact) mass is 394 g/mol. The van der Waals surface area contributed by atoms with Gasteiger partial charge in [-0.15, -0.1) is 11.3 Å². The standard InChI is InChI=1S/C17H22N4O3S2/c1-20-8-10-21(11-9-20)26(23,24)16-4-2-14(3-5-16)17(22)18-7-6-15-12-25-13-19-15/h2-5,12-13H,6-11H2,1H3,(H,18,22). The molecule has 1 aromatic heterocycles. The van der Waals surface area contributed by atoms with Crippen LogP contribution in [-0.2, 0) is 16.4 Å². The molecule has 1 aliphatic heterocycles. The molecule has 1 fully saturated rings. The number of nitrogens with zero attached hydrogens (tertiary/aromatic N) is 3. The van der Waals surface area contributed by atoms with E-state index in [-0.39, 0.29) is 10.8 Å². The number of aromatic nitrogens is 1. The number of rotatable bonds is 6. The van der Waals surface area contributed by atoms with Gasteiger partial charge in [0.1, 0.15) is 0 Å². The third-order valence-electron chi connectivity index (χ3n) is 4.37. The van der Waals surface area contributed by atoms with Crippen molar-refractivity contribution in [3.8, 4) is 0 Å². The first-order valence-electron chi connectivity index (χ1n) is 8.41. The Labute approximate surface area is 157 Å². The Balaban J connectivity index is 1.59. The third kappa shape index (κ3) is 4.47. The molecule has 0 saturated carbocycles. The second-order valence-corrected chi connectivity index (χ2v) is 8.87. The predicted molar refractivity (Wildman–Crippen MR) is 101 cm³/mol. The highest BCUT2D eigenvalue weighted by Crippen LogP contribution is 2.18. The largest absolute Gasteiger partial charge is 0.352 e. The van der Waals surface area contributed by atoms with E-state index in [0.717, 1.165) is 18.8 Å². The van der Waals surface area contributed by atoms with Crippen LogP contribution in [0.15, 0.2) is 40.1 Å². The summed E-state index contributed by atoms with van der Waals surface area (Å²) >= 11 is 1.52. The Kier molecular flexibility index (Phi) is 6.02. The highest BCUT2D eigenvalue weighted by atomic mass is 32.2. The van der Waals surface area contributed by atoms with Crippen molar-refractivity contribution in [2.24, 2.45) is 0 Å².